The van der Waals surface area contributed by atoms with Gasteiger partial charge in [0.05, 0.1) is 16.9 Å². The number of rotatable bonds is 5. The Morgan fingerprint density at radius 1 is 1.42 bits per heavy atom. The molecule has 1 unspecified atom stereocenters. The third kappa shape index (κ3) is 4.96. The first-order valence-electron chi connectivity index (χ1n) is 6.31. The van der Waals surface area contributed by atoms with E-state index in [1.807, 2.05) is 25.9 Å². The normalized spacial score (nSPS) is 14.3. The van der Waals surface area contributed by atoms with Crippen LogP contribution in [0.5, 0.6) is 0 Å². The van der Waals surface area contributed by atoms with Crippen LogP contribution in [0, 0.1) is 13.8 Å². The molecule has 1 amide bonds. The standard InChI is InChI=1S/C14H23N3O2/c1-10-6-7-12(11(2)16-10)13(18)15-8-14(3,19)9-17(4)5/h6-7,19H,8-9H2,1-5H3,(H,15,18). The molecule has 2 N–H and O–H groups in total. The number of likely N-dealkylation sites (N-methyl/N-ethyl adjacent to an activating group) is 1. The lowest BCUT2D eigenvalue weighted by atomic mass is 10.1. The SMILES string of the molecule is Cc1ccc(C(=O)NCC(C)(O)CN(C)C)c(C)n1. The van der Waals surface area contributed by atoms with Crippen molar-refractivity contribution < 1.29 is 9.90 Å². The molecule has 1 aromatic rings. The molecule has 0 aliphatic heterocycles. The largest absolute Gasteiger partial charge is 0.387 e. The van der Waals surface area contributed by atoms with E-state index >= 15 is 0 Å². The van der Waals surface area contributed by atoms with Gasteiger partial charge < -0.3 is 15.3 Å². The molecule has 106 valence electrons. The average molecular weight is 265 g/mol. The summed E-state index contributed by atoms with van der Waals surface area (Å²) in [6.45, 7) is 6.08. The molecule has 5 nitrogen and oxygen atoms in total. The molecule has 0 aliphatic rings. The van der Waals surface area contributed by atoms with Crippen molar-refractivity contribution in [3.63, 3.8) is 0 Å². The number of aromatic nitrogens is 1. The first-order valence-corrected chi connectivity index (χ1v) is 6.31. The highest BCUT2D eigenvalue weighted by atomic mass is 16.3. The third-order valence-electron chi connectivity index (χ3n) is 2.76. The van der Waals surface area contributed by atoms with Gasteiger partial charge in [0.15, 0.2) is 0 Å². The maximum absolute atomic E-state index is 12.0. The Kier molecular flexibility index (Phi) is 5.03. The topological polar surface area (TPSA) is 65.5 Å². The Hall–Kier alpha value is -1.46. The number of carbonyl (C=O) groups is 1. The summed E-state index contributed by atoms with van der Waals surface area (Å²) in [6, 6.07) is 3.56. The quantitative estimate of drug-likeness (QED) is 0.824. The molecule has 5 heteroatoms. The summed E-state index contributed by atoms with van der Waals surface area (Å²) in [7, 11) is 3.76. The first kappa shape index (κ1) is 15.6. The highest BCUT2D eigenvalue weighted by Crippen LogP contribution is 2.08. The van der Waals surface area contributed by atoms with E-state index in [0.29, 0.717) is 17.8 Å². The number of hydrogen-bond donors (Lipinski definition) is 2. The molecule has 19 heavy (non-hydrogen) atoms. The third-order valence-corrected chi connectivity index (χ3v) is 2.76. The summed E-state index contributed by atoms with van der Waals surface area (Å²) >= 11 is 0. The number of nitrogens with zero attached hydrogens (tertiary/aromatic N) is 2. The van der Waals surface area contributed by atoms with E-state index in [9.17, 15) is 9.90 Å². The van der Waals surface area contributed by atoms with Crippen LogP contribution < -0.4 is 5.32 Å². The van der Waals surface area contributed by atoms with Gasteiger partial charge >= 0.3 is 0 Å². The van der Waals surface area contributed by atoms with Crippen molar-refractivity contribution in [1.29, 1.82) is 0 Å². The lowest BCUT2D eigenvalue weighted by molar-refractivity contribution is 0.0325. The van der Waals surface area contributed by atoms with E-state index < -0.39 is 5.60 Å². The van der Waals surface area contributed by atoms with Crippen molar-refractivity contribution in [2.75, 3.05) is 27.2 Å². The van der Waals surface area contributed by atoms with Crippen LogP contribution in [0.25, 0.3) is 0 Å². The number of hydrogen-bond acceptors (Lipinski definition) is 4. The minimum Gasteiger partial charge on any atom is -0.387 e. The summed E-state index contributed by atoms with van der Waals surface area (Å²) in [5.74, 6) is -0.205. The zero-order chi connectivity index (χ0) is 14.6. The van der Waals surface area contributed by atoms with E-state index in [-0.39, 0.29) is 12.5 Å². The zero-order valence-corrected chi connectivity index (χ0v) is 12.3. The van der Waals surface area contributed by atoms with Gasteiger partial charge in [-0.05, 0) is 47.0 Å². The Bertz CT molecular complexity index is 456. The van der Waals surface area contributed by atoms with E-state index in [2.05, 4.69) is 10.3 Å². The van der Waals surface area contributed by atoms with Gasteiger partial charge in [-0.2, -0.15) is 0 Å². The molecule has 0 radical (unpaired) electrons. The Balaban J connectivity index is 2.65. The van der Waals surface area contributed by atoms with Crippen LogP contribution in [0.2, 0.25) is 0 Å². The fourth-order valence-electron chi connectivity index (χ4n) is 2.03. The van der Waals surface area contributed by atoms with Gasteiger partial charge in [-0.3, -0.25) is 9.78 Å². The lowest BCUT2D eigenvalue weighted by Gasteiger charge is -2.27. The summed E-state index contributed by atoms with van der Waals surface area (Å²) < 4.78 is 0. The van der Waals surface area contributed by atoms with Gasteiger partial charge in [-0.15, -0.1) is 0 Å². The van der Waals surface area contributed by atoms with E-state index in [1.54, 1.807) is 26.0 Å². The van der Waals surface area contributed by atoms with Crippen molar-refractivity contribution in [3.05, 3.63) is 29.1 Å². The van der Waals surface area contributed by atoms with Gasteiger partial charge in [0.1, 0.15) is 0 Å². The number of nitrogens with one attached hydrogen (secondary N) is 1. The number of aliphatic hydroxyl groups is 1. The van der Waals surface area contributed by atoms with E-state index in [1.165, 1.54) is 0 Å². The molecule has 1 rings (SSSR count). The van der Waals surface area contributed by atoms with Gasteiger partial charge in [-0.1, -0.05) is 0 Å². The zero-order valence-electron chi connectivity index (χ0n) is 12.3. The van der Waals surface area contributed by atoms with Gasteiger partial charge in [-0.25, -0.2) is 0 Å². The van der Waals surface area contributed by atoms with Crippen molar-refractivity contribution in [2.45, 2.75) is 26.4 Å². The van der Waals surface area contributed by atoms with E-state index in [0.717, 1.165) is 5.69 Å². The molecule has 1 atom stereocenters. The summed E-state index contributed by atoms with van der Waals surface area (Å²) in [6.07, 6.45) is 0. The van der Waals surface area contributed by atoms with Gasteiger partial charge in [0.2, 0.25) is 0 Å². The number of aryl methyl sites for hydroxylation is 2. The Labute approximate surface area is 114 Å². The first-order chi connectivity index (χ1) is 8.71. The molecule has 0 saturated heterocycles. The second-order valence-electron chi connectivity index (χ2n) is 5.50. The minimum atomic E-state index is -0.953. The van der Waals surface area contributed by atoms with Crippen LogP contribution in [0.15, 0.2) is 12.1 Å². The summed E-state index contributed by atoms with van der Waals surface area (Å²) in [4.78, 5) is 18.2. The fraction of sp³-hybridized carbons (Fsp3) is 0.571. The number of pyridine rings is 1. The molecule has 0 saturated carbocycles. The molecule has 0 bridgehead atoms. The van der Waals surface area contributed by atoms with Crippen LogP contribution in [0.1, 0.15) is 28.7 Å². The predicted octanol–water partition coefficient (Wildman–Crippen LogP) is 0.741. The molecule has 0 aromatic carbocycles. The highest BCUT2D eigenvalue weighted by Gasteiger charge is 2.22. The Morgan fingerprint density at radius 3 is 2.58 bits per heavy atom. The maximum atomic E-state index is 12.0. The van der Waals surface area contributed by atoms with Crippen molar-refractivity contribution >= 4 is 5.91 Å². The average Bonchev–Trinajstić information content (AvgIpc) is 2.24. The van der Waals surface area contributed by atoms with Crippen molar-refractivity contribution in [1.82, 2.24) is 15.2 Å². The molecule has 0 fully saturated rings. The molecular weight excluding hydrogens is 242 g/mol. The van der Waals surface area contributed by atoms with Crippen LogP contribution in [0.3, 0.4) is 0 Å². The molecule has 0 spiro atoms. The monoisotopic (exact) mass is 265 g/mol. The number of amides is 1. The van der Waals surface area contributed by atoms with Crippen LogP contribution in [-0.4, -0.2) is 53.7 Å². The second-order valence-corrected chi connectivity index (χ2v) is 5.50. The smallest absolute Gasteiger partial charge is 0.253 e. The molecule has 1 heterocycles. The van der Waals surface area contributed by atoms with E-state index in [4.69, 9.17) is 0 Å². The number of carbonyl (C=O) groups excluding carboxylic acids is 1. The van der Waals surface area contributed by atoms with Gasteiger partial charge in [0, 0.05) is 18.8 Å². The van der Waals surface area contributed by atoms with Crippen molar-refractivity contribution in [2.24, 2.45) is 0 Å². The Morgan fingerprint density at radius 2 is 2.05 bits per heavy atom. The minimum absolute atomic E-state index is 0.205. The maximum Gasteiger partial charge on any atom is 0.253 e. The van der Waals surface area contributed by atoms with Crippen LogP contribution in [0.4, 0.5) is 0 Å². The van der Waals surface area contributed by atoms with Gasteiger partial charge in [0.25, 0.3) is 5.91 Å². The van der Waals surface area contributed by atoms with Crippen molar-refractivity contribution in [3.8, 4) is 0 Å². The van der Waals surface area contributed by atoms with Crippen LogP contribution in [-0.2, 0) is 0 Å². The summed E-state index contributed by atoms with van der Waals surface area (Å²) in [5.41, 5.74) is 1.18. The van der Waals surface area contributed by atoms with Crippen LogP contribution >= 0.6 is 0 Å². The molecule has 1 aromatic heterocycles. The fourth-order valence-corrected chi connectivity index (χ4v) is 2.03. The molecule has 0 aliphatic carbocycles. The highest BCUT2D eigenvalue weighted by molar-refractivity contribution is 5.95. The summed E-state index contributed by atoms with van der Waals surface area (Å²) in [5, 5.41) is 12.9. The predicted molar refractivity (Wildman–Crippen MR) is 75.2 cm³/mol. The molecular formula is C14H23N3O2. The lowest BCUT2D eigenvalue weighted by Crippen LogP contribution is -2.47. The second kappa shape index (κ2) is 6.12.